The predicted octanol–water partition coefficient (Wildman–Crippen LogP) is 10.9. The van der Waals surface area contributed by atoms with E-state index in [1.807, 2.05) is 0 Å². The Hall–Kier alpha value is -3.47. The quantitative estimate of drug-likeness (QED) is 0.136. The fourth-order valence-corrected chi connectivity index (χ4v) is 8.77. The fourth-order valence-electron chi connectivity index (χ4n) is 6.31. The van der Waals surface area contributed by atoms with Crippen LogP contribution in [0.2, 0.25) is 0 Å². The summed E-state index contributed by atoms with van der Waals surface area (Å²) < 4.78 is 0. The van der Waals surface area contributed by atoms with Crippen LogP contribution in [0.3, 0.4) is 0 Å². The molecule has 1 heteroatoms. The Morgan fingerprint density at radius 1 is 0.651 bits per heavy atom. The summed E-state index contributed by atoms with van der Waals surface area (Å²) in [6.07, 6.45) is 4.38. The minimum Gasteiger partial charge on any atom is -0.0651 e. The molecule has 0 bridgehead atoms. The van der Waals surface area contributed by atoms with Gasteiger partial charge in [-0.05, 0) is 93.4 Å². The summed E-state index contributed by atoms with van der Waals surface area (Å²) in [5.41, 5.74) is 10.2. The van der Waals surface area contributed by atoms with Crippen molar-refractivity contribution in [1.29, 1.82) is 0 Å². The van der Waals surface area contributed by atoms with Gasteiger partial charge < -0.3 is 0 Å². The molecule has 220 valence electrons. The lowest BCUT2D eigenvalue weighted by Crippen LogP contribution is -2.25. The first kappa shape index (κ1) is 31.0. The third-order valence-electron chi connectivity index (χ3n) is 9.22. The largest absolute Gasteiger partial charge is 0.0651 e. The van der Waals surface area contributed by atoms with Gasteiger partial charge in [0.1, 0.15) is 0 Å². The smallest absolute Gasteiger partial charge is 0.00724 e. The van der Waals surface area contributed by atoms with E-state index in [0.717, 1.165) is 25.7 Å². The van der Waals surface area contributed by atoms with Gasteiger partial charge in [0.2, 0.25) is 0 Å². The lowest BCUT2D eigenvalue weighted by molar-refractivity contribution is 0.506. The van der Waals surface area contributed by atoms with Crippen LogP contribution >= 0.6 is 7.92 Å². The van der Waals surface area contributed by atoms with Crippen LogP contribution in [0.5, 0.6) is 0 Å². The van der Waals surface area contributed by atoms with Crippen molar-refractivity contribution in [2.75, 3.05) is 0 Å². The summed E-state index contributed by atoms with van der Waals surface area (Å²) in [6.45, 7) is 14.3. The van der Waals surface area contributed by atoms with E-state index in [2.05, 4.69) is 163 Å². The van der Waals surface area contributed by atoms with Gasteiger partial charge in [-0.15, -0.1) is 0 Å². The molecule has 5 aromatic carbocycles. The molecule has 0 aromatic heterocycles. The first-order chi connectivity index (χ1) is 20.9. The van der Waals surface area contributed by atoms with Gasteiger partial charge in [0.15, 0.2) is 0 Å². The van der Waals surface area contributed by atoms with Crippen LogP contribution in [0.1, 0.15) is 83.4 Å². The molecule has 0 heterocycles. The SMILES string of the molecule is CCCc1c(-c2ccccc2)c(C(C)CC)cc(C(C)(C)CC)c1-c1ccccc1P(c1ccccc1)c1ccccc1. The molecule has 1 unspecified atom stereocenters. The van der Waals surface area contributed by atoms with Crippen LogP contribution < -0.4 is 15.9 Å². The highest BCUT2D eigenvalue weighted by molar-refractivity contribution is 7.80. The third-order valence-corrected chi connectivity index (χ3v) is 11.7. The maximum atomic E-state index is 2.61. The molecular weight excluding hydrogens is 535 g/mol. The average Bonchev–Trinajstić information content (AvgIpc) is 3.06. The van der Waals surface area contributed by atoms with E-state index in [-0.39, 0.29) is 5.41 Å². The van der Waals surface area contributed by atoms with Crippen LogP contribution in [0.4, 0.5) is 0 Å². The number of hydrogen-bond acceptors (Lipinski definition) is 0. The summed E-state index contributed by atoms with van der Waals surface area (Å²) in [7, 11) is -0.752. The Kier molecular flexibility index (Phi) is 10.00. The molecule has 5 rings (SSSR count). The molecule has 0 fully saturated rings. The molecule has 0 saturated carbocycles. The van der Waals surface area contributed by atoms with Crippen molar-refractivity contribution in [3.63, 3.8) is 0 Å². The molecule has 0 nitrogen and oxygen atoms in total. The van der Waals surface area contributed by atoms with Gasteiger partial charge in [-0.2, -0.15) is 0 Å². The van der Waals surface area contributed by atoms with E-state index in [0.29, 0.717) is 5.92 Å². The number of benzene rings is 5. The molecule has 5 aromatic rings. The molecular formula is C42H47P. The van der Waals surface area contributed by atoms with Crippen LogP contribution in [-0.4, -0.2) is 0 Å². The molecule has 0 aliphatic heterocycles. The topological polar surface area (TPSA) is 0 Å². The zero-order valence-corrected chi connectivity index (χ0v) is 27.8. The van der Waals surface area contributed by atoms with Gasteiger partial charge in [0.05, 0.1) is 0 Å². The first-order valence-electron chi connectivity index (χ1n) is 16.2. The van der Waals surface area contributed by atoms with Crippen molar-refractivity contribution >= 4 is 23.8 Å². The van der Waals surface area contributed by atoms with Crippen molar-refractivity contribution in [1.82, 2.24) is 0 Å². The molecule has 0 aliphatic carbocycles. The second-order valence-electron chi connectivity index (χ2n) is 12.4. The van der Waals surface area contributed by atoms with Crippen molar-refractivity contribution in [2.45, 2.75) is 78.6 Å². The fraction of sp³-hybridized carbons (Fsp3) is 0.286. The van der Waals surface area contributed by atoms with Gasteiger partial charge in [-0.25, -0.2) is 0 Å². The molecule has 0 N–H and O–H groups in total. The molecule has 0 amide bonds. The van der Waals surface area contributed by atoms with Gasteiger partial charge in [-0.1, -0.05) is 169 Å². The van der Waals surface area contributed by atoms with Crippen molar-refractivity contribution in [3.8, 4) is 22.3 Å². The Balaban J connectivity index is 1.93. The Morgan fingerprint density at radius 2 is 1.19 bits per heavy atom. The van der Waals surface area contributed by atoms with Crippen LogP contribution in [0.15, 0.2) is 121 Å². The molecule has 1 atom stereocenters. The summed E-state index contributed by atoms with van der Waals surface area (Å²) in [6, 6.07) is 45.4. The molecule has 0 saturated heterocycles. The first-order valence-corrected chi connectivity index (χ1v) is 17.5. The van der Waals surface area contributed by atoms with Gasteiger partial charge in [0, 0.05) is 0 Å². The number of rotatable bonds is 11. The highest BCUT2D eigenvalue weighted by Crippen LogP contribution is 2.48. The van der Waals surface area contributed by atoms with E-state index >= 15 is 0 Å². The lowest BCUT2D eigenvalue weighted by Gasteiger charge is -2.34. The highest BCUT2D eigenvalue weighted by Gasteiger charge is 2.31. The second-order valence-corrected chi connectivity index (χ2v) is 14.6. The zero-order valence-electron chi connectivity index (χ0n) is 26.9. The predicted molar refractivity (Wildman–Crippen MR) is 192 cm³/mol. The minimum absolute atomic E-state index is 0.0324. The second kappa shape index (κ2) is 13.9. The van der Waals surface area contributed by atoms with E-state index in [1.165, 1.54) is 54.9 Å². The minimum atomic E-state index is -0.752. The summed E-state index contributed by atoms with van der Waals surface area (Å²) in [4.78, 5) is 0. The van der Waals surface area contributed by atoms with Crippen molar-refractivity contribution in [2.24, 2.45) is 0 Å². The van der Waals surface area contributed by atoms with Gasteiger partial charge >= 0.3 is 0 Å². The van der Waals surface area contributed by atoms with E-state index in [9.17, 15) is 0 Å². The average molecular weight is 583 g/mol. The van der Waals surface area contributed by atoms with E-state index < -0.39 is 7.92 Å². The van der Waals surface area contributed by atoms with E-state index in [1.54, 1.807) is 0 Å². The lowest BCUT2D eigenvalue weighted by atomic mass is 9.72. The van der Waals surface area contributed by atoms with Crippen LogP contribution in [-0.2, 0) is 11.8 Å². The maximum absolute atomic E-state index is 2.61. The molecule has 43 heavy (non-hydrogen) atoms. The molecule has 0 aliphatic rings. The van der Waals surface area contributed by atoms with Gasteiger partial charge in [0.25, 0.3) is 0 Å². The van der Waals surface area contributed by atoms with Crippen LogP contribution in [0.25, 0.3) is 22.3 Å². The highest BCUT2D eigenvalue weighted by atomic mass is 31.1. The number of hydrogen-bond donors (Lipinski definition) is 0. The summed E-state index contributed by atoms with van der Waals surface area (Å²) >= 11 is 0. The third kappa shape index (κ3) is 6.41. The summed E-state index contributed by atoms with van der Waals surface area (Å²) in [5.74, 6) is 0.479. The van der Waals surface area contributed by atoms with Crippen molar-refractivity contribution < 1.29 is 0 Å². The zero-order chi connectivity index (χ0) is 30.4. The van der Waals surface area contributed by atoms with Crippen molar-refractivity contribution in [3.05, 3.63) is 138 Å². The normalized spacial score (nSPS) is 12.4. The Morgan fingerprint density at radius 3 is 1.72 bits per heavy atom. The monoisotopic (exact) mass is 582 g/mol. The van der Waals surface area contributed by atoms with Gasteiger partial charge in [-0.3, -0.25) is 0 Å². The molecule has 0 radical (unpaired) electrons. The Bertz CT molecular complexity index is 1580. The Labute approximate surface area is 262 Å². The molecule has 0 spiro atoms. The summed E-state index contributed by atoms with van der Waals surface area (Å²) in [5, 5.41) is 4.23. The standard InChI is InChI=1S/C42H47P/c1-7-21-36-40(32-22-13-10-14-23-32)37(31(4)8-2)30-38(42(5,6)9-3)41(36)35-28-19-20-29-39(35)43(33-24-15-11-16-25-33)34-26-17-12-18-27-34/h10-20,22-31H,7-9,21H2,1-6H3. The van der Waals surface area contributed by atoms with Crippen LogP contribution in [0, 0.1) is 0 Å². The maximum Gasteiger partial charge on any atom is -0.00724 e. The van der Waals surface area contributed by atoms with E-state index in [4.69, 9.17) is 0 Å².